The van der Waals surface area contributed by atoms with E-state index in [-0.39, 0.29) is 36.5 Å². The second kappa shape index (κ2) is 9.82. The maximum atomic E-state index is 13.9. The van der Waals surface area contributed by atoms with Crippen molar-refractivity contribution in [3.05, 3.63) is 99.6 Å². The van der Waals surface area contributed by atoms with Crippen LogP contribution in [0.5, 0.6) is 0 Å². The van der Waals surface area contributed by atoms with E-state index in [1.165, 1.54) is 10.4 Å². The second-order valence-electron chi connectivity index (χ2n) is 9.43. The number of nitrogens with zero attached hydrogens (tertiary/aromatic N) is 1. The minimum Gasteiger partial charge on any atom is -0.298 e. The van der Waals surface area contributed by atoms with Crippen molar-refractivity contribution in [1.29, 1.82) is 0 Å². The summed E-state index contributed by atoms with van der Waals surface area (Å²) in [6.07, 6.45) is -4.22. The van der Waals surface area contributed by atoms with Crippen molar-refractivity contribution >= 4 is 15.8 Å². The molecule has 1 heterocycles. The van der Waals surface area contributed by atoms with Gasteiger partial charge >= 0.3 is 6.18 Å². The lowest BCUT2D eigenvalue weighted by molar-refractivity contribution is -0.137. The Balaban J connectivity index is 1.67. The van der Waals surface area contributed by atoms with Gasteiger partial charge in [-0.15, -0.1) is 0 Å². The zero-order chi connectivity index (χ0) is 26.3. The molecule has 0 aromatic heterocycles. The van der Waals surface area contributed by atoms with Crippen LogP contribution in [0.4, 0.5) is 13.2 Å². The molecule has 4 rings (SSSR count). The SMILES string of the molecule is Cc1cc(C)c(S(=O)(=O)N2Cc3ccccc3CC2C(=O)CCc2cccc(C(F)(F)F)c2)c(C)c1. The molecule has 0 bridgehead atoms. The Morgan fingerprint density at radius 3 is 2.22 bits per heavy atom. The van der Waals surface area contributed by atoms with Crippen LogP contribution in [-0.2, 0) is 40.4 Å². The van der Waals surface area contributed by atoms with E-state index in [1.807, 2.05) is 43.3 Å². The number of ketones is 1. The third-order valence-electron chi connectivity index (χ3n) is 6.66. The molecule has 3 aromatic carbocycles. The monoisotopic (exact) mass is 515 g/mol. The van der Waals surface area contributed by atoms with Gasteiger partial charge in [-0.1, -0.05) is 60.2 Å². The van der Waals surface area contributed by atoms with E-state index >= 15 is 0 Å². The predicted octanol–water partition coefficient (Wildman–Crippen LogP) is 5.95. The Morgan fingerprint density at radius 1 is 0.944 bits per heavy atom. The summed E-state index contributed by atoms with van der Waals surface area (Å²) in [6, 6.07) is 15.0. The number of carbonyl (C=O) groups excluding carboxylic acids is 1. The highest BCUT2D eigenvalue weighted by Crippen LogP contribution is 2.34. The number of fused-ring (bicyclic) bond motifs is 1. The van der Waals surface area contributed by atoms with E-state index in [0.29, 0.717) is 16.7 Å². The Bertz CT molecular complexity index is 1390. The standard InChI is InChI=1S/C28H28F3NO3S/c1-18-13-19(2)27(20(3)14-18)36(34,35)32-17-23-9-5-4-8-22(23)16-25(32)26(33)12-11-21-7-6-10-24(15-21)28(29,30)31/h4-10,13-15,25H,11-12,16-17H2,1-3H3. The third kappa shape index (κ3) is 5.25. The molecule has 0 N–H and O–H groups in total. The number of aryl methyl sites for hydroxylation is 4. The third-order valence-corrected chi connectivity index (χ3v) is 8.82. The molecule has 1 aliphatic heterocycles. The quantitative estimate of drug-likeness (QED) is 0.408. The van der Waals surface area contributed by atoms with Gasteiger partial charge in [0, 0.05) is 13.0 Å². The van der Waals surface area contributed by atoms with Crippen molar-refractivity contribution in [3.8, 4) is 0 Å². The molecule has 0 spiro atoms. The summed E-state index contributed by atoms with van der Waals surface area (Å²) >= 11 is 0. The van der Waals surface area contributed by atoms with Crippen LogP contribution in [-0.4, -0.2) is 24.5 Å². The van der Waals surface area contributed by atoms with Crippen LogP contribution in [0.25, 0.3) is 0 Å². The first kappa shape index (κ1) is 26.1. The molecular formula is C28H28F3NO3S. The van der Waals surface area contributed by atoms with Crippen molar-refractivity contribution in [2.75, 3.05) is 0 Å². The van der Waals surface area contributed by atoms with Crippen molar-refractivity contribution in [2.45, 2.75) is 63.7 Å². The molecule has 0 saturated heterocycles. The van der Waals surface area contributed by atoms with Gasteiger partial charge in [0.1, 0.15) is 0 Å². The highest BCUT2D eigenvalue weighted by atomic mass is 32.2. The zero-order valence-electron chi connectivity index (χ0n) is 20.4. The molecule has 190 valence electrons. The van der Waals surface area contributed by atoms with Gasteiger partial charge < -0.3 is 0 Å². The predicted molar refractivity (Wildman–Crippen MR) is 132 cm³/mol. The number of benzene rings is 3. The van der Waals surface area contributed by atoms with E-state index < -0.39 is 27.8 Å². The molecule has 0 aliphatic carbocycles. The first-order chi connectivity index (χ1) is 16.9. The van der Waals surface area contributed by atoms with Gasteiger partial charge in [0.2, 0.25) is 10.0 Å². The fourth-order valence-electron chi connectivity index (χ4n) is 5.05. The molecule has 0 fully saturated rings. The summed E-state index contributed by atoms with van der Waals surface area (Å²) in [6.45, 7) is 5.45. The van der Waals surface area contributed by atoms with Crippen LogP contribution in [0.1, 0.15) is 45.4 Å². The summed E-state index contributed by atoms with van der Waals surface area (Å²) in [7, 11) is -4.02. The number of Topliss-reactive ketones (excluding diaryl/α,β-unsaturated/α-hetero) is 1. The Hall–Kier alpha value is -2.97. The molecule has 0 radical (unpaired) electrons. The van der Waals surface area contributed by atoms with Crippen LogP contribution in [0, 0.1) is 20.8 Å². The number of hydrogen-bond acceptors (Lipinski definition) is 3. The smallest absolute Gasteiger partial charge is 0.298 e. The maximum absolute atomic E-state index is 13.9. The average molecular weight is 516 g/mol. The molecule has 3 aromatic rings. The average Bonchev–Trinajstić information content (AvgIpc) is 2.80. The normalized spacial score (nSPS) is 16.6. The van der Waals surface area contributed by atoms with Gasteiger partial charge in [-0.25, -0.2) is 8.42 Å². The molecule has 1 unspecified atom stereocenters. The Labute approximate surface area is 209 Å². The molecule has 8 heteroatoms. The van der Waals surface area contributed by atoms with Crippen molar-refractivity contribution in [3.63, 3.8) is 0 Å². The molecular weight excluding hydrogens is 487 g/mol. The van der Waals surface area contributed by atoms with Crippen LogP contribution in [0.2, 0.25) is 0 Å². The first-order valence-corrected chi connectivity index (χ1v) is 13.2. The lowest BCUT2D eigenvalue weighted by Crippen LogP contribution is -2.48. The Morgan fingerprint density at radius 2 is 1.58 bits per heavy atom. The fourth-order valence-corrected chi connectivity index (χ4v) is 7.06. The van der Waals surface area contributed by atoms with Crippen LogP contribution in [0.3, 0.4) is 0 Å². The minimum atomic E-state index is -4.47. The van der Waals surface area contributed by atoms with E-state index in [0.717, 1.165) is 28.8 Å². The number of sulfonamides is 1. The summed E-state index contributed by atoms with van der Waals surface area (Å²) in [5, 5.41) is 0. The summed E-state index contributed by atoms with van der Waals surface area (Å²) in [5.41, 5.74) is 3.52. The zero-order valence-corrected chi connectivity index (χ0v) is 21.2. The number of alkyl halides is 3. The van der Waals surface area contributed by atoms with Gasteiger partial charge in [-0.2, -0.15) is 17.5 Å². The summed E-state index contributed by atoms with van der Waals surface area (Å²) in [4.78, 5) is 13.6. The molecule has 36 heavy (non-hydrogen) atoms. The number of rotatable bonds is 6. The Kier molecular flexibility index (Phi) is 7.12. The summed E-state index contributed by atoms with van der Waals surface area (Å²) in [5.74, 6) is -0.312. The van der Waals surface area contributed by atoms with Crippen molar-refractivity contribution in [2.24, 2.45) is 0 Å². The first-order valence-electron chi connectivity index (χ1n) is 11.7. The van der Waals surface area contributed by atoms with E-state index in [1.54, 1.807) is 19.9 Å². The summed E-state index contributed by atoms with van der Waals surface area (Å²) < 4.78 is 68.4. The fraction of sp³-hybridized carbons (Fsp3) is 0.321. The molecule has 1 aliphatic rings. The number of hydrogen-bond donors (Lipinski definition) is 0. The number of halogens is 3. The van der Waals surface area contributed by atoms with E-state index in [9.17, 15) is 26.4 Å². The highest BCUT2D eigenvalue weighted by molar-refractivity contribution is 7.89. The van der Waals surface area contributed by atoms with Gasteiger partial charge in [-0.3, -0.25) is 4.79 Å². The maximum Gasteiger partial charge on any atom is 0.416 e. The van der Waals surface area contributed by atoms with E-state index in [2.05, 4.69) is 0 Å². The molecule has 0 amide bonds. The van der Waals surface area contributed by atoms with Gasteiger partial charge in [0.05, 0.1) is 16.5 Å². The largest absolute Gasteiger partial charge is 0.416 e. The lowest BCUT2D eigenvalue weighted by Gasteiger charge is -2.36. The van der Waals surface area contributed by atoms with Crippen LogP contribution >= 0.6 is 0 Å². The van der Waals surface area contributed by atoms with Gasteiger partial charge in [0.25, 0.3) is 0 Å². The van der Waals surface area contributed by atoms with Crippen LogP contribution < -0.4 is 0 Å². The molecule has 4 nitrogen and oxygen atoms in total. The van der Waals surface area contributed by atoms with Crippen molar-refractivity contribution in [1.82, 2.24) is 4.31 Å². The molecule has 0 saturated carbocycles. The lowest BCUT2D eigenvalue weighted by atomic mass is 9.91. The van der Waals surface area contributed by atoms with E-state index in [4.69, 9.17) is 0 Å². The highest BCUT2D eigenvalue weighted by Gasteiger charge is 2.40. The van der Waals surface area contributed by atoms with Gasteiger partial charge in [0.15, 0.2) is 5.78 Å². The second-order valence-corrected chi connectivity index (χ2v) is 11.3. The molecule has 1 atom stereocenters. The van der Waals surface area contributed by atoms with Crippen molar-refractivity contribution < 1.29 is 26.4 Å². The van der Waals surface area contributed by atoms with Gasteiger partial charge in [-0.05, 0) is 67.5 Å². The van der Waals surface area contributed by atoms with Crippen LogP contribution in [0.15, 0.2) is 65.6 Å². The topological polar surface area (TPSA) is 54.5 Å². The minimum absolute atomic E-state index is 0.0607. The number of carbonyl (C=O) groups is 1.